The number of ether oxygens (including phenoxy) is 1. The molecule has 0 spiro atoms. The maximum absolute atomic E-state index is 13.6. The van der Waals surface area contributed by atoms with Crippen LogP contribution in [0.2, 0.25) is 5.02 Å². The minimum Gasteiger partial charge on any atom is -0.488 e. The van der Waals surface area contributed by atoms with Crippen molar-refractivity contribution >= 4 is 11.6 Å². The Hall–Kier alpha value is -1.58. The number of halogens is 2. The lowest BCUT2D eigenvalue weighted by Gasteiger charge is -2.14. The van der Waals surface area contributed by atoms with E-state index in [-0.39, 0.29) is 18.5 Å². The van der Waals surface area contributed by atoms with Crippen LogP contribution in [-0.4, -0.2) is 0 Å². The molecule has 0 aliphatic rings. The zero-order chi connectivity index (χ0) is 13.8. The molecule has 100 valence electrons. The Labute approximate surface area is 117 Å². The molecule has 0 fully saturated rings. The van der Waals surface area contributed by atoms with Crippen LogP contribution in [0.1, 0.15) is 24.1 Å². The number of para-hydroxylation sites is 1. The Kier molecular flexibility index (Phi) is 4.40. The second-order valence-electron chi connectivity index (χ2n) is 4.32. The molecule has 2 nitrogen and oxygen atoms in total. The summed E-state index contributed by atoms with van der Waals surface area (Å²) < 4.78 is 19.3. The first-order valence-electron chi connectivity index (χ1n) is 6.00. The first-order chi connectivity index (χ1) is 9.09. The normalized spacial score (nSPS) is 12.2. The average molecular weight is 280 g/mol. The lowest BCUT2D eigenvalue weighted by Crippen LogP contribution is -2.08. The third kappa shape index (κ3) is 3.25. The highest BCUT2D eigenvalue weighted by molar-refractivity contribution is 6.31. The van der Waals surface area contributed by atoms with Gasteiger partial charge in [0.25, 0.3) is 0 Å². The van der Waals surface area contributed by atoms with Crippen LogP contribution in [0.4, 0.5) is 4.39 Å². The molecule has 0 bridgehead atoms. The Bertz CT molecular complexity index is 552. The van der Waals surface area contributed by atoms with Gasteiger partial charge in [-0.15, -0.1) is 0 Å². The fourth-order valence-electron chi connectivity index (χ4n) is 1.81. The topological polar surface area (TPSA) is 35.2 Å². The van der Waals surface area contributed by atoms with Gasteiger partial charge in [-0.25, -0.2) is 4.39 Å². The van der Waals surface area contributed by atoms with Crippen LogP contribution in [0.25, 0.3) is 0 Å². The van der Waals surface area contributed by atoms with E-state index in [0.717, 1.165) is 5.56 Å². The molecule has 0 radical (unpaired) electrons. The molecule has 0 aliphatic carbocycles. The van der Waals surface area contributed by atoms with Crippen molar-refractivity contribution in [3.05, 3.63) is 64.4 Å². The molecule has 2 aromatic carbocycles. The molecule has 0 unspecified atom stereocenters. The second-order valence-corrected chi connectivity index (χ2v) is 4.72. The molecular weight excluding hydrogens is 265 g/mol. The lowest BCUT2D eigenvalue weighted by molar-refractivity contribution is 0.295. The van der Waals surface area contributed by atoms with Crippen molar-refractivity contribution in [1.82, 2.24) is 0 Å². The summed E-state index contributed by atoms with van der Waals surface area (Å²) in [7, 11) is 0. The summed E-state index contributed by atoms with van der Waals surface area (Å²) in [6.07, 6.45) is 0. The van der Waals surface area contributed by atoms with Gasteiger partial charge < -0.3 is 10.5 Å². The summed E-state index contributed by atoms with van der Waals surface area (Å²) in [5, 5.41) is 0.360. The van der Waals surface area contributed by atoms with Crippen molar-refractivity contribution in [2.24, 2.45) is 5.73 Å². The van der Waals surface area contributed by atoms with Gasteiger partial charge in [0.1, 0.15) is 18.2 Å². The highest BCUT2D eigenvalue weighted by atomic mass is 35.5. The van der Waals surface area contributed by atoms with Crippen LogP contribution in [-0.2, 0) is 6.61 Å². The van der Waals surface area contributed by atoms with Crippen molar-refractivity contribution < 1.29 is 9.13 Å². The Morgan fingerprint density at radius 1 is 1.21 bits per heavy atom. The van der Waals surface area contributed by atoms with Crippen molar-refractivity contribution in [2.75, 3.05) is 0 Å². The molecule has 2 rings (SSSR count). The Balaban J connectivity index is 2.19. The largest absolute Gasteiger partial charge is 0.488 e. The Morgan fingerprint density at radius 3 is 2.63 bits per heavy atom. The van der Waals surface area contributed by atoms with E-state index in [4.69, 9.17) is 22.1 Å². The van der Waals surface area contributed by atoms with Crippen LogP contribution in [0, 0.1) is 5.82 Å². The standard InChI is InChI=1S/C15H15ClFNO/c1-10(18)11-5-2-3-8-15(11)19-9-12-13(16)6-4-7-14(12)17/h2-8,10H,9,18H2,1H3/t10-/m1/s1. The van der Waals surface area contributed by atoms with Crippen LogP contribution in [0.5, 0.6) is 5.75 Å². The predicted molar refractivity (Wildman–Crippen MR) is 74.8 cm³/mol. The van der Waals surface area contributed by atoms with Gasteiger partial charge in [0.2, 0.25) is 0 Å². The van der Waals surface area contributed by atoms with E-state index in [1.54, 1.807) is 12.1 Å². The van der Waals surface area contributed by atoms with Crippen molar-refractivity contribution in [3.63, 3.8) is 0 Å². The average Bonchev–Trinajstić information content (AvgIpc) is 2.38. The molecule has 0 amide bonds. The summed E-state index contributed by atoms with van der Waals surface area (Å²) >= 11 is 5.95. The van der Waals surface area contributed by atoms with Crippen molar-refractivity contribution in [3.8, 4) is 5.75 Å². The van der Waals surface area contributed by atoms with Gasteiger partial charge in [-0.2, -0.15) is 0 Å². The van der Waals surface area contributed by atoms with Gasteiger partial charge in [-0.05, 0) is 25.1 Å². The summed E-state index contributed by atoms with van der Waals surface area (Å²) in [5.41, 5.74) is 7.10. The molecule has 0 saturated heterocycles. The van der Waals surface area contributed by atoms with E-state index in [1.807, 2.05) is 31.2 Å². The number of hydrogen-bond donors (Lipinski definition) is 1. The van der Waals surface area contributed by atoms with E-state index in [0.29, 0.717) is 16.3 Å². The first-order valence-corrected chi connectivity index (χ1v) is 6.37. The fraction of sp³-hybridized carbons (Fsp3) is 0.200. The van der Waals surface area contributed by atoms with Crippen LogP contribution in [0.3, 0.4) is 0 Å². The van der Waals surface area contributed by atoms with E-state index < -0.39 is 0 Å². The second kappa shape index (κ2) is 6.04. The third-order valence-corrected chi connectivity index (χ3v) is 3.20. The fourth-order valence-corrected chi connectivity index (χ4v) is 2.03. The van der Waals surface area contributed by atoms with Gasteiger partial charge in [0, 0.05) is 17.2 Å². The zero-order valence-electron chi connectivity index (χ0n) is 10.6. The summed E-state index contributed by atoms with van der Waals surface area (Å²) in [6, 6.07) is 11.9. The van der Waals surface area contributed by atoms with E-state index in [1.165, 1.54) is 6.07 Å². The van der Waals surface area contributed by atoms with Gasteiger partial charge in [0.15, 0.2) is 0 Å². The molecule has 19 heavy (non-hydrogen) atoms. The monoisotopic (exact) mass is 279 g/mol. The van der Waals surface area contributed by atoms with E-state index >= 15 is 0 Å². The molecule has 2 aromatic rings. The highest BCUT2D eigenvalue weighted by Gasteiger charge is 2.11. The summed E-state index contributed by atoms with van der Waals surface area (Å²) in [4.78, 5) is 0. The van der Waals surface area contributed by atoms with Crippen LogP contribution >= 0.6 is 11.6 Å². The SMILES string of the molecule is C[C@@H](N)c1ccccc1OCc1c(F)cccc1Cl. The third-order valence-electron chi connectivity index (χ3n) is 2.84. The maximum Gasteiger partial charge on any atom is 0.131 e. The molecule has 2 N–H and O–H groups in total. The first kappa shape index (κ1) is 13.8. The Morgan fingerprint density at radius 2 is 1.95 bits per heavy atom. The van der Waals surface area contributed by atoms with E-state index in [2.05, 4.69) is 0 Å². The maximum atomic E-state index is 13.6. The molecule has 0 heterocycles. The van der Waals surface area contributed by atoms with E-state index in [9.17, 15) is 4.39 Å². The molecule has 0 aliphatic heterocycles. The van der Waals surface area contributed by atoms with Crippen molar-refractivity contribution in [2.45, 2.75) is 19.6 Å². The molecular formula is C15H15ClFNO. The summed E-state index contributed by atoms with van der Waals surface area (Å²) in [6.45, 7) is 1.95. The summed E-state index contributed by atoms with van der Waals surface area (Å²) in [5.74, 6) is 0.280. The number of benzene rings is 2. The van der Waals surface area contributed by atoms with Gasteiger partial charge in [0.05, 0.1) is 5.02 Å². The number of rotatable bonds is 4. The smallest absolute Gasteiger partial charge is 0.131 e. The quantitative estimate of drug-likeness (QED) is 0.915. The molecule has 0 aromatic heterocycles. The minimum absolute atomic E-state index is 0.0786. The van der Waals surface area contributed by atoms with Crippen LogP contribution in [0.15, 0.2) is 42.5 Å². The molecule has 0 saturated carbocycles. The molecule has 1 atom stereocenters. The number of nitrogens with two attached hydrogens (primary N) is 1. The van der Waals surface area contributed by atoms with Gasteiger partial charge in [-0.3, -0.25) is 0 Å². The van der Waals surface area contributed by atoms with Gasteiger partial charge in [-0.1, -0.05) is 35.9 Å². The van der Waals surface area contributed by atoms with Crippen molar-refractivity contribution in [1.29, 1.82) is 0 Å². The van der Waals surface area contributed by atoms with Gasteiger partial charge >= 0.3 is 0 Å². The highest BCUT2D eigenvalue weighted by Crippen LogP contribution is 2.26. The minimum atomic E-state index is -0.370. The number of hydrogen-bond acceptors (Lipinski definition) is 2. The predicted octanol–water partition coefficient (Wildman–Crippen LogP) is 4.08. The zero-order valence-corrected chi connectivity index (χ0v) is 11.3. The molecule has 4 heteroatoms. The lowest BCUT2D eigenvalue weighted by atomic mass is 10.1. The van der Waals surface area contributed by atoms with Crippen LogP contribution < -0.4 is 10.5 Å².